The van der Waals surface area contributed by atoms with Crippen LogP contribution in [0.1, 0.15) is 16.8 Å². The molecule has 0 aromatic carbocycles. The van der Waals surface area contributed by atoms with Gasteiger partial charge in [0.2, 0.25) is 5.95 Å². The second kappa shape index (κ2) is 4.67. The summed E-state index contributed by atoms with van der Waals surface area (Å²) in [5.41, 5.74) is 2.81. The number of hydrogen-bond donors (Lipinski definition) is 1. The van der Waals surface area contributed by atoms with Crippen molar-refractivity contribution in [2.45, 2.75) is 20.0 Å². The number of aryl methyl sites for hydroxylation is 2. The molecule has 5 nitrogen and oxygen atoms in total. The van der Waals surface area contributed by atoms with Gasteiger partial charge in [0, 0.05) is 44.0 Å². The van der Waals surface area contributed by atoms with Gasteiger partial charge in [-0.05, 0) is 6.92 Å². The lowest BCUT2D eigenvalue weighted by molar-refractivity contribution is 0.489. The molecule has 0 amide bonds. The van der Waals surface area contributed by atoms with Gasteiger partial charge in [-0.15, -0.1) is 0 Å². The Labute approximate surface area is 99.2 Å². The Morgan fingerprint density at radius 1 is 1.12 bits per heavy atom. The Bertz CT molecular complexity index is 468. The minimum Gasteiger partial charge on any atom is -0.308 e. The number of nitrogens with one attached hydrogen (secondary N) is 1. The van der Waals surface area contributed by atoms with Crippen LogP contribution in [0.5, 0.6) is 0 Å². The molecule has 0 saturated heterocycles. The molecule has 0 aliphatic heterocycles. The monoisotopic (exact) mass is 237 g/mol. The van der Waals surface area contributed by atoms with Crippen LogP contribution in [0.2, 0.25) is 0 Å². The van der Waals surface area contributed by atoms with Crippen molar-refractivity contribution in [1.82, 2.24) is 24.9 Å². The van der Waals surface area contributed by atoms with Gasteiger partial charge >= 0.3 is 0 Å². The lowest BCUT2D eigenvalue weighted by Crippen LogP contribution is -2.14. The van der Waals surface area contributed by atoms with Crippen molar-refractivity contribution in [2.75, 3.05) is 0 Å². The Hall–Kier alpha value is -1.69. The lowest BCUT2D eigenvalue weighted by Gasteiger charge is -2.03. The summed E-state index contributed by atoms with van der Waals surface area (Å²) in [6, 6.07) is 0. The molecule has 0 aliphatic carbocycles. The van der Waals surface area contributed by atoms with E-state index in [1.165, 1.54) is 4.68 Å². The average Bonchev–Trinajstić information content (AvgIpc) is 2.79. The molecule has 17 heavy (non-hydrogen) atoms. The Morgan fingerprint density at radius 2 is 1.71 bits per heavy atom. The van der Waals surface area contributed by atoms with E-state index in [1.54, 1.807) is 13.2 Å². The van der Waals surface area contributed by atoms with Gasteiger partial charge in [0.15, 0.2) is 0 Å². The highest BCUT2D eigenvalue weighted by molar-refractivity contribution is 5.15. The van der Waals surface area contributed by atoms with E-state index in [-0.39, 0.29) is 5.95 Å². The van der Waals surface area contributed by atoms with Crippen LogP contribution in [-0.2, 0) is 27.2 Å². The van der Waals surface area contributed by atoms with Gasteiger partial charge in [0.05, 0.1) is 12.4 Å². The minimum atomic E-state index is -0.291. The zero-order chi connectivity index (χ0) is 12.4. The molecule has 0 atom stereocenters. The van der Waals surface area contributed by atoms with Crippen molar-refractivity contribution in [2.24, 2.45) is 14.1 Å². The molecule has 0 radical (unpaired) electrons. The fourth-order valence-electron chi connectivity index (χ4n) is 1.64. The molecule has 0 spiro atoms. The smallest absolute Gasteiger partial charge is 0.215 e. The van der Waals surface area contributed by atoms with Gasteiger partial charge in [-0.2, -0.15) is 14.6 Å². The summed E-state index contributed by atoms with van der Waals surface area (Å²) < 4.78 is 16.5. The molecule has 0 fully saturated rings. The van der Waals surface area contributed by atoms with Crippen molar-refractivity contribution in [1.29, 1.82) is 0 Å². The van der Waals surface area contributed by atoms with Crippen LogP contribution < -0.4 is 5.32 Å². The summed E-state index contributed by atoms with van der Waals surface area (Å²) in [5, 5.41) is 11.2. The fourth-order valence-corrected chi connectivity index (χ4v) is 1.64. The second-order valence-corrected chi connectivity index (χ2v) is 4.07. The predicted molar refractivity (Wildman–Crippen MR) is 61.7 cm³/mol. The van der Waals surface area contributed by atoms with E-state index < -0.39 is 0 Å². The van der Waals surface area contributed by atoms with Gasteiger partial charge in [-0.3, -0.25) is 4.68 Å². The van der Waals surface area contributed by atoms with Crippen LogP contribution in [-0.4, -0.2) is 19.6 Å². The summed E-state index contributed by atoms with van der Waals surface area (Å²) in [4.78, 5) is 0. The van der Waals surface area contributed by atoms with Crippen molar-refractivity contribution in [3.05, 3.63) is 35.2 Å². The van der Waals surface area contributed by atoms with Crippen LogP contribution in [0.4, 0.5) is 4.39 Å². The van der Waals surface area contributed by atoms with Crippen molar-refractivity contribution in [3.8, 4) is 0 Å². The van der Waals surface area contributed by atoms with Crippen molar-refractivity contribution in [3.63, 3.8) is 0 Å². The van der Waals surface area contributed by atoms with Crippen LogP contribution in [0.25, 0.3) is 0 Å². The quantitative estimate of drug-likeness (QED) is 0.859. The normalized spacial score (nSPS) is 11.1. The number of halogens is 1. The SMILES string of the molecule is Cc1c(CNCc2cnn(C)c2F)cnn1C. The van der Waals surface area contributed by atoms with Crippen molar-refractivity contribution < 1.29 is 4.39 Å². The summed E-state index contributed by atoms with van der Waals surface area (Å²) in [6.07, 6.45) is 3.36. The Morgan fingerprint density at radius 3 is 2.24 bits per heavy atom. The van der Waals surface area contributed by atoms with Gasteiger partial charge in [-0.1, -0.05) is 0 Å². The second-order valence-electron chi connectivity index (χ2n) is 4.07. The third-order valence-corrected chi connectivity index (χ3v) is 2.90. The molecular weight excluding hydrogens is 221 g/mol. The third-order valence-electron chi connectivity index (χ3n) is 2.90. The van der Waals surface area contributed by atoms with E-state index >= 15 is 0 Å². The largest absolute Gasteiger partial charge is 0.308 e. The van der Waals surface area contributed by atoms with E-state index in [0.29, 0.717) is 18.7 Å². The maximum Gasteiger partial charge on any atom is 0.215 e. The summed E-state index contributed by atoms with van der Waals surface area (Å²) in [7, 11) is 3.49. The van der Waals surface area contributed by atoms with E-state index in [1.807, 2.05) is 24.9 Å². The zero-order valence-corrected chi connectivity index (χ0v) is 10.2. The van der Waals surface area contributed by atoms with Gasteiger partial charge < -0.3 is 5.32 Å². The first-order valence-electron chi connectivity index (χ1n) is 5.44. The molecule has 0 bridgehead atoms. The first-order valence-corrected chi connectivity index (χ1v) is 5.44. The molecule has 0 saturated carbocycles. The van der Waals surface area contributed by atoms with E-state index in [0.717, 1.165) is 11.3 Å². The molecule has 6 heteroatoms. The molecule has 92 valence electrons. The van der Waals surface area contributed by atoms with Crippen LogP contribution in [0.15, 0.2) is 12.4 Å². The van der Waals surface area contributed by atoms with Crippen LogP contribution in [0, 0.1) is 12.9 Å². The highest BCUT2D eigenvalue weighted by Crippen LogP contribution is 2.07. The van der Waals surface area contributed by atoms with E-state index in [2.05, 4.69) is 15.5 Å². The average molecular weight is 237 g/mol. The molecule has 0 aliphatic rings. The number of nitrogens with zero attached hydrogens (tertiary/aromatic N) is 4. The van der Waals surface area contributed by atoms with E-state index in [9.17, 15) is 4.39 Å². The number of rotatable bonds is 4. The maximum absolute atomic E-state index is 13.4. The Kier molecular flexibility index (Phi) is 3.23. The summed E-state index contributed by atoms with van der Waals surface area (Å²) in [5.74, 6) is -0.291. The number of aromatic nitrogens is 4. The van der Waals surface area contributed by atoms with Gasteiger partial charge in [0.25, 0.3) is 0 Å². The zero-order valence-electron chi connectivity index (χ0n) is 10.2. The molecular formula is C11H16FN5. The summed E-state index contributed by atoms with van der Waals surface area (Å²) in [6.45, 7) is 3.15. The standard InChI is InChI=1S/C11H16FN5/c1-8-9(6-14-16(8)2)4-13-5-10-7-15-17(3)11(10)12/h6-7,13H,4-5H2,1-3H3. The summed E-state index contributed by atoms with van der Waals surface area (Å²) >= 11 is 0. The Balaban J connectivity index is 1.92. The topological polar surface area (TPSA) is 47.7 Å². The highest BCUT2D eigenvalue weighted by atomic mass is 19.1. The molecule has 2 heterocycles. The lowest BCUT2D eigenvalue weighted by atomic mass is 10.2. The molecule has 2 aromatic heterocycles. The van der Waals surface area contributed by atoms with E-state index in [4.69, 9.17) is 0 Å². The minimum absolute atomic E-state index is 0.291. The van der Waals surface area contributed by atoms with Crippen LogP contribution in [0.3, 0.4) is 0 Å². The van der Waals surface area contributed by atoms with Gasteiger partial charge in [-0.25, -0.2) is 4.68 Å². The van der Waals surface area contributed by atoms with Crippen molar-refractivity contribution >= 4 is 0 Å². The maximum atomic E-state index is 13.4. The molecule has 2 rings (SSSR count). The molecule has 2 aromatic rings. The third kappa shape index (κ3) is 2.36. The highest BCUT2D eigenvalue weighted by Gasteiger charge is 2.08. The fraction of sp³-hybridized carbons (Fsp3) is 0.455. The first kappa shape index (κ1) is 11.8. The van der Waals surface area contributed by atoms with Gasteiger partial charge in [0.1, 0.15) is 0 Å². The number of hydrogen-bond acceptors (Lipinski definition) is 3. The predicted octanol–water partition coefficient (Wildman–Crippen LogP) is 0.891. The molecule has 0 unspecified atom stereocenters. The first-order chi connectivity index (χ1) is 8.09. The molecule has 1 N–H and O–H groups in total. The van der Waals surface area contributed by atoms with Crippen LogP contribution >= 0.6 is 0 Å².